The Bertz CT molecular complexity index is 1180. The molecule has 0 aliphatic carbocycles. The molecule has 1 N–H and O–H groups in total. The molecule has 1 atom stereocenters. The largest absolute Gasteiger partial charge is 0.495 e. The minimum absolute atomic E-state index is 0.0323. The first-order valence-electron chi connectivity index (χ1n) is 9.71. The number of fused-ring (bicyclic) bond motifs is 1. The maximum atomic E-state index is 12.7. The Labute approximate surface area is 173 Å². The van der Waals surface area contributed by atoms with Crippen LogP contribution in [0.4, 0.5) is 5.69 Å². The number of benzene rings is 2. The second-order valence-electron chi connectivity index (χ2n) is 7.41. The topological polar surface area (TPSA) is 88.8 Å². The summed E-state index contributed by atoms with van der Waals surface area (Å²) in [5.74, 6) is 0.281. The number of nitrogens with zero attached hydrogens (tertiary/aromatic N) is 1. The van der Waals surface area contributed by atoms with Crippen molar-refractivity contribution in [1.82, 2.24) is 5.32 Å². The number of anilines is 1. The van der Waals surface area contributed by atoms with Crippen LogP contribution in [0, 0.1) is 6.92 Å². The third-order valence-electron chi connectivity index (χ3n) is 5.20. The number of rotatable bonds is 5. The molecule has 7 heteroatoms. The molecule has 7 nitrogen and oxygen atoms in total. The molecule has 1 aliphatic heterocycles. The summed E-state index contributed by atoms with van der Waals surface area (Å²) in [6, 6.07) is 13.8. The zero-order valence-corrected chi connectivity index (χ0v) is 16.8. The first-order valence-corrected chi connectivity index (χ1v) is 9.71. The highest BCUT2D eigenvalue weighted by Gasteiger charge is 2.33. The van der Waals surface area contributed by atoms with Gasteiger partial charge < -0.3 is 19.4 Å². The number of hydrogen-bond donors (Lipinski definition) is 1. The zero-order valence-electron chi connectivity index (χ0n) is 16.8. The van der Waals surface area contributed by atoms with Gasteiger partial charge >= 0.3 is 5.63 Å². The van der Waals surface area contributed by atoms with E-state index in [0.717, 1.165) is 10.9 Å². The molecule has 154 valence electrons. The summed E-state index contributed by atoms with van der Waals surface area (Å²) in [6.07, 6.45) is 0.241. The molecule has 3 aromatic rings. The van der Waals surface area contributed by atoms with E-state index in [0.29, 0.717) is 29.1 Å². The number of amides is 2. The van der Waals surface area contributed by atoms with Crippen molar-refractivity contribution in [3.8, 4) is 5.75 Å². The standard InChI is InChI=1S/C23H22N2O5/c1-14-7-8-17-15(11-23(28)30-20(17)9-14)10-21(26)24-16-12-22(27)25(13-16)18-5-3-4-6-19(18)29-2/h3-9,11,16H,10,12-13H2,1-2H3,(H,24,26). The molecular weight excluding hydrogens is 384 g/mol. The first kappa shape index (κ1) is 19.7. The van der Waals surface area contributed by atoms with Crippen molar-refractivity contribution in [2.45, 2.75) is 25.8 Å². The number of carbonyl (C=O) groups excluding carboxylic acids is 2. The smallest absolute Gasteiger partial charge is 0.336 e. The first-order chi connectivity index (χ1) is 14.4. The summed E-state index contributed by atoms with van der Waals surface area (Å²) >= 11 is 0. The van der Waals surface area contributed by atoms with Crippen LogP contribution in [0.25, 0.3) is 11.0 Å². The lowest BCUT2D eigenvalue weighted by Gasteiger charge is -2.19. The Hall–Kier alpha value is -3.61. The highest BCUT2D eigenvalue weighted by atomic mass is 16.5. The van der Waals surface area contributed by atoms with Crippen LogP contribution in [0.1, 0.15) is 17.5 Å². The minimum Gasteiger partial charge on any atom is -0.495 e. The number of ether oxygens (including phenoxy) is 1. The van der Waals surface area contributed by atoms with Crippen molar-refractivity contribution < 1.29 is 18.7 Å². The van der Waals surface area contributed by atoms with Gasteiger partial charge in [0.2, 0.25) is 11.8 Å². The second-order valence-corrected chi connectivity index (χ2v) is 7.41. The van der Waals surface area contributed by atoms with Gasteiger partial charge in [0.25, 0.3) is 0 Å². The third-order valence-corrected chi connectivity index (χ3v) is 5.20. The van der Waals surface area contributed by atoms with Crippen LogP contribution in [0.15, 0.2) is 57.7 Å². The van der Waals surface area contributed by atoms with Gasteiger partial charge in [-0.1, -0.05) is 24.3 Å². The summed E-state index contributed by atoms with van der Waals surface area (Å²) in [5.41, 5.74) is 2.22. The monoisotopic (exact) mass is 406 g/mol. The maximum absolute atomic E-state index is 12.7. The van der Waals surface area contributed by atoms with Gasteiger partial charge in [-0.05, 0) is 36.2 Å². The van der Waals surface area contributed by atoms with E-state index in [4.69, 9.17) is 9.15 Å². The molecule has 1 aliphatic rings. The van der Waals surface area contributed by atoms with E-state index < -0.39 is 5.63 Å². The van der Waals surface area contributed by atoms with E-state index in [1.54, 1.807) is 24.1 Å². The van der Waals surface area contributed by atoms with Crippen molar-refractivity contribution in [2.24, 2.45) is 0 Å². The van der Waals surface area contributed by atoms with Crippen molar-refractivity contribution in [2.75, 3.05) is 18.6 Å². The molecule has 1 aromatic heterocycles. The average molecular weight is 406 g/mol. The van der Waals surface area contributed by atoms with Gasteiger partial charge in [-0.3, -0.25) is 9.59 Å². The molecule has 1 unspecified atom stereocenters. The van der Waals surface area contributed by atoms with E-state index in [1.807, 2.05) is 37.3 Å². The molecule has 4 rings (SSSR count). The summed E-state index contributed by atoms with van der Waals surface area (Å²) in [4.78, 5) is 38.7. The lowest BCUT2D eigenvalue weighted by Crippen LogP contribution is -2.38. The summed E-state index contributed by atoms with van der Waals surface area (Å²) < 4.78 is 10.6. The maximum Gasteiger partial charge on any atom is 0.336 e. The predicted octanol–water partition coefficient (Wildman–Crippen LogP) is 2.57. The second kappa shape index (κ2) is 8.02. The molecule has 0 bridgehead atoms. The molecule has 0 radical (unpaired) electrons. The Morgan fingerprint density at radius 1 is 1.20 bits per heavy atom. The SMILES string of the molecule is COc1ccccc1N1CC(NC(=O)Cc2cc(=O)oc3cc(C)ccc23)CC1=O. The molecule has 2 aromatic carbocycles. The third kappa shape index (κ3) is 3.91. The molecule has 0 saturated carbocycles. The van der Waals surface area contributed by atoms with E-state index in [-0.39, 0.29) is 30.7 Å². The van der Waals surface area contributed by atoms with Gasteiger partial charge in [0.05, 0.1) is 25.3 Å². The van der Waals surface area contributed by atoms with Gasteiger partial charge in [0, 0.05) is 24.4 Å². The van der Waals surface area contributed by atoms with E-state index >= 15 is 0 Å². The van der Waals surface area contributed by atoms with Crippen LogP contribution < -0.4 is 20.6 Å². The summed E-state index contributed by atoms with van der Waals surface area (Å²) in [6.45, 7) is 2.27. The molecule has 2 amide bonds. The highest BCUT2D eigenvalue weighted by Crippen LogP contribution is 2.31. The predicted molar refractivity (Wildman–Crippen MR) is 113 cm³/mol. The van der Waals surface area contributed by atoms with E-state index in [1.165, 1.54) is 6.07 Å². The lowest BCUT2D eigenvalue weighted by atomic mass is 10.0. The van der Waals surface area contributed by atoms with Gasteiger partial charge in [0.15, 0.2) is 0 Å². The van der Waals surface area contributed by atoms with Gasteiger partial charge in [-0.2, -0.15) is 0 Å². The number of carbonyl (C=O) groups is 2. The van der Waals surface area contributed by atoms with Gasteiger partial charge in [-0.25, -0.2) is 4.79 Å². The molecular formula is C23H22N2O5. The van der Waals surface area contributed by atoms with Crippen LogP contribution in [-0.4, -0.2) is 31.5 Å². The van der Waals surface area contributed by atoms with Gasteiger partial charge in [-0.15, -0.1) is 0 Å². The van der Waals surface area contributed by atoms with Crippen molar-refractivity contribution in [3.05, 3.63) is 70.1 Å². The fourth-order valence-corrected chi connectivity index (χ4v) is 3.82. The number of aryl methyl sites for hydroxylation is 1. The van der Waals surface area contributed by atoms with Crippen LogP contribution in [0.2, 0.25) is 0 Å². The van der Waals surface area contributed by atoms with Crippen LogP contribution in [-0.2, 0) is 16.0 Å². The molecule has 2 heterocycles. The fraction of sp³-hybridized carbons (Fsp3) is 0.261. The number of methoxy groups -OCH3 is 1. The minimum atomic E-state index is -0.491. The van der Waals surface area contributed by atoms with Crippen LogP contribution >= 0.6 is 0 Å². The van der Waals surface area contributed by atoms with Gasteiger partial charge in [0.1, 0.15) is 11.3 Å². The Morgan fingerprint density at radius 2 is 2.00 bits per heavy atom. The normalized spacial score (nSPS) is 16.1. The lowest BCUT2D eigenvalue weighted by molar-refractivity contribution is -0.121. The summed E-state index contributed by atoms with van der Waals surface area (Å²) in [5, 5.41) is 3.65. The Balaban J connectivity index is 1.48. The number of para-hydroxylation sites is 2. The molecule has 1 fully saturated rings. The molecule has 0 spiro atoms. The Kier molecular flexibility index (Phi) is 5.27. The Morgan fingerprint density at radius 3 is 2.80 bits per heavy atom. The number of nitrogens with one attached hydrogen (secondary N) is 1. The highest BCUT2D eigenvalue weighted by molar-refractivity contribution is 5.98. The molecule has 30 heavy (non-hydrogen) atoms. The zero-order chi connectivity index (χ0) is 21.3. The van der Waals surface area contributed by atoms with Crippen molar-refractivity contribution in [1.29, 1.82) is 0 Å². The van der Waals surface area contributed by atoms with Crippen LogP contribution in [0.3, 0.4) is 0 Å². The van der Waals surface area contributed by atoms with Crippen molar-refractivity contribution >= 4 is 28.5 Å². The summed E-state index contributed by atoms with van der Waals surface area (Å²) in [7, 11) is 1.56. The van der Waals surface area contributed by atoms with E-state index in [2.05, 4.69) is 5.32 Å². The van der Waals surface area contributed by atoms with E-state index in [9.17, 15) is 14.4 Å². The average Bonchev–Trinajstić information content (AvgIpc) is 3.06. The quantitative estimate of drug-likeness (QED) is 0.658. The molecule has 1 saturated heterocycles. The van der Waals surface area contributed by atoms with Crippen molar-refractivity contribution in [3.63, 3.8) is 0 Å². The number of hydrogen-bond acceptors (Lipinski definition) is 5. The van der Waals surface area contributed by atoms with Crippen LogP contribution in [0.5, 0.6) is 5.75 Å². The fourth-order valence-electron chi connectivity index (χ4n) is 3.82.